The summed E-state index contributed by atoms with van der Waals surface area (Å²) in [7, 11) is -4.26. The highest BCUT2D eigenvalue weighted by Gasteiger charge is 2.31. The molecule has 116 valence electrons. The first-order chi connectivity index (χ1) is 10.2. The number of aryl methyl sites for hydroxylation is 1. The first kappa shape index (κ1) is 16.3. The summed E-state index contributed by atoms with van der Waals surface area (Å²) in [5.74, 6) is 0. The van der Waals surface area contributed by atoms with E-state index in [1.807, 2.05) is 0 Å². The van der Waals surface area contributed by atoms with Crippen LogP contribution in [0, 0.1) is 6.92 Å². The summed E-state index contributed by atoms with van der Waals surface area (Å²) in [5.41, 5.74) is 0.820. The summed E-state index contributed by atoms with van der Waals surface area (Å²) in [5, 5.41) is 0. The Morgan fingerprint density at radius 3 is 2.00 bits per heavy atom. The van der Waals surface area contributed by atoms with Crippen LogP contribution in [0.5, 0.6) is 0 Å². The molecule has 0 spiro atoms. The summed E-state index contributed by atoms with van der Waals surface area (Å²) >= 11 is 0. The van der Waals surface area contributed by atoms with Crippen LogP contribution < -0.4 is 0 Å². The van der Waals surface area contributed by atoms with Crippen molar-refractivity contribution in [2.24, 2.45) is 0 Å². The maximum absolute atomic E-state index is 12.8. The van der Waals surface area contributed by atoms with Gasteiger partial charge in [0.05, 0.1) is 9.80 Å². The molecule has 0 atom stereocenters. The lowest BCUT2D eigenvalue weighted by Crippen LogP contribution is -2.10. The topological polar surface area (TPSA) is 34.1 Å². The van der Waals surface area contributed by atoms with E-state index in [1.165, 1.54) is 36.4 Å². The Labute approximate surface area is 126 Å². The molecule has 2 rings (SSSR count). The van der Waals surface area contributed by atoms with Crippen LogP contribution in [0.3, 0.4) is 0 Å². The van der Waals surface area contributed by atoms with Gasteiger partial charge in [0, 0.05) is 6.08 Å². The van der Waals surface area contributed by atoms with Crippen LogP contribution in [0.4, 0.5) is 13.2 Å². The van der Waals surface area contributed by atoms with Gasteiger partial charge < -0.3 is 0 Å². The summed E-state index contributed by atoms with van der Waals surface area (Å²) in [6.45, 7) is 1.76. The van der Waals surface area contributed by atoms with Crippen LogP contribution >= 0.6 is 0 Å². The smallest absolute Gasteiger partial charge is 0.218 e. The Bertz CT molecular complexity index is 774. The predicted octanol–water partition coefficient (Wildman–Crippen LogP) is 4.37. The van der Waals surface area contributed by atoms with Crippen LogP contribution in [0.25, 0.3) is 4.91 Å². The van der Waals surface area contributed by atoms with Gasteiger partial charge in [-0.3, -0.25) is 0 Å². The van der Waals surface area contributed by atoms with Gasteiger partial charge in [-0.15, -0.1) is 0 Å². The number of benzene rings is 2. The maximum atomic E-state index is 12.8. The lowest BCUT2D eigenvalue weighted by atomic mass is 10.2. The molecule has 0 N–H and O–H groups in total. The molecule has 2 aromatic rings. The number of hydrogen-bond donors (Lipinski definition) is 0. The van der Waals surface area contributed by atoms with Crippen molar-refractivity contribution in [3.8, 4) is 0 Å². The molecule has 22 heavy (non-hydrogen) atoms. The molecule has 0 radical (unpaired) electrons. The first-order valence-corrected chi connectivity index (χ1v) is 7.85. The molecule has 0 heterocycles. The predicted molar refractivity (Wildman–Crippen MR) is 78.8 cm³/mol. The molecule has 0 aliphatic heterocycles. The third-order valence-corrected chi connectivity index (χ3v) is 4.80. The minimum Gasteiger partial charge on any atom is -0.218 e. The average Bonchev–Trinajstić information content (AvgIpc) is 2.45. The number of allylic oxidation sites excluding steroid dienone is 1. The first-order valence-electron chi connectivity index (χ1n) is 6.37. The fourth-order valence-corrected chi connectivity index (χ4v) is 3.40. The molecule has 2 nitrogen and oxygen atoms in total. The molecule has 0 fully saturated rings. The highest BCUT2D eigenvalue weighted by Crippen LogP contribution is 2.32. The second-order valence-corrected chi connectivity index (χ2v) is 6.65. The largest absolute Gasteiger partial charge is 0.411 e. The van der Waals surface area contributed by atoms with E-state index >= 15 is 0 Å². The second-order valence-electron chi connectivity index (χ2n) is 4.73. The summed E-state index contributed by atoms with van der Waals surface area (Å²) < 4.78 is 63.4. The van der Waals surface area contributed by atoms with Crippen molar-refractivity contribution in [1.29, 1.82) is 0 Å². The van der Waals surface area contributed by atoms with E-state index in [9.17, 15) is 21.6 Å². The fourth-order valence-electron chi connectivity index (χ4n) is 1.91. The van der Waals surface area contributed by atoms with Gasteiger partial charge in [0.1, 0.15) is 0 Å². The van der Waals surface area contributed by atoms with E-state index in [0.717, 1.165) is 5.56 Å². The zero-order valence-corrected chi connectivity index (χ0v) is 12.4. The van der Waals surface area contributed by atoms with Gasteiger partial charge in [0.25, 0.3) is 0 Å². The molecule has 6 heteroatoms. The fraction of sp³-hybridized carbons (Fsp3) is 0.125. The third kappa shape index (κ3) is 3.76. The summed E-state index contributed by atoms with van der Waals surface area (Å²) in [6.07, 6.45) is -4.90. The van der Waals surface area contributed by atoms with E-state index in [1.54, 1.807) is 25.1 Å². The minimum atomic E-state index is -4.73. The van der Waals surface area contributed by atoms with Crippen LogP contribution in [-0.4, -0.2) is 14.6 Å². The Morgan fingerprint density at radius 1 is 0.955 bits per heavy atom. The molecule has 0 unspecified atom stereocenters. The molecule has 0 aromatic heterocycles. The number of halogens is 3. The number of alkyl halides is 3. The molecule has 0 amide bonds. The molecule has 2 aromatic carbocycles. The van der Waals surface area contributed by atoms with Crippen LogP contribution in [0.15, 0.2) is 65.6 Å². The molecular weight excluding hydrogens is 313 g/mol. The Kier molecular flexibility index (Phi) is 4.42. The monoisotopic (exact) mass is 326 g/mol. The Balaban J connectivity index is 2.64. The van der Waals surface area contributed by atoms with E-state index < -0.39 is 20.9 Å². The van der Waals surface area contributed by atoms with Crippen molar-refractivity contribution in [3.05, 3.63) is 71.8 Å². The van der Waals surface area contributed by atoms with Crippen molar-refractivity contribution in [2.45, 2.75) is 18.0 Å². The van der Waals surface area contributed by atoms with Gasteiger partial charge in [0.15, 0.2) is 0 Å². The zero-order chi connectivity index (χ0) is 16.4. The zero-order valence-electron chi connectivity index (χ0n) is 11.6. The van der Waals surface area contributed by atoms with Crippen molar-refractivity contribution in [1.82, 2.24) is 0 Å². The number of hydrogen-bond acceptors (Lipinski definition) is 2. The summed E-state index contributed by atoms with van der Waals surface area (Å²) in [6, 6.07) is 13.0. The second kappa shape index (κ2) is 5.96. The third-order valence-electron chi connectivity index (χ3n) is 2.97. The quantitative estimate of drug-likeness (QED) is 0.839. The van der Waals surface area contributed by atoms with E-state index in [4.69, 9.17) is 0 Å². The van der Waals surface area contributed by atoms with Crippen LogP contribution in [-0.2, 0) is 9.84 Å². The minimum absolute atomic E-state index is 0.000370. The lowest BCUT2D eigenvalue weighted by molar-refractivity contribution is -0.0792. The van der Waals surface area contributed by atoms with Gasteiger partial charge >= 0.3 is 6.18 Å². The maximum Gasteiger partial charge on any atom is 0.411 e. The van der Waals surface area contributed by atoms with Gasteiger partial charge in [-0.25, -0.2) is 8.42 Å². The highest BCUT2D eigenvalue weighted by molar-refractivity contribution is 8.00. The Morgan fingerprint density at radius 2 is 1.50 bits per heavy atom. The van der Waals surface area contributed by atoms with Gasteiger partial charge in [-0.05, 0) is 24.6 Å². The molecule has 0 saturated heterocycles. The number of rotatable bonds is 3. The normalized spacial score (nSPS) is 13.2. The summed E-state index contributed by atoms with van der Waals surface area (Å²) in [4.78, 5) is -0.929. The van der Waals surface area contributed by atoms with Gasteiger partial charge in [-0.2, -0.15) is 13.2 Å². The molecular formula is C16H13F3O2S. The Hall–Kier alpha value is -2.08. The average molecular weight is 326 g/mol. The van der Waals surface area contributed by atoms with Gasteiger partial charge in [0.2, 0.25) is 9.84 Å². The van der Waals surface area contributed by atoms with Crippen molar-refractivity contribution in [3.63, 3.8) is 0 Å². The van der Waals surface area contributed by atoms with E-state index in [-0.39, 0.29) is 16.5 Å². The standard InChI is InChI=1S/C16H13F3O2S/c1-12-7-9-14(10-8-12)22(20,21)15(11-16(17,18)19)13-5-3-2-4-6-13/h2-11H,1H3/b15-11+. The van der Waals surface area contributed by atoms with Crippen molar-refractivity contribution >= 4 is 14.7 Å². The van der Waals surface area contributed by atoms with E-state index in [2.05, 4.69) is 0 Å². The van der Waals surface area contributed by atoms with E-state index in [0.29, 0.717) is 0 Å². The van der Waals surface area contributed by atoms with Crippen molar-refractivity contribution < 1.29 is 21.6 Å². The SMILES string of the molecule is Cc1ccc(S(=O)(=O)/C(=C/C(F)(F)F)c2ccccc2)cc1. The number of sulfone groups is 1. The molecule has 0 saturated carbocycles. The lowest BCUT2D eigenvalue weighted by Gasteiger charge is -2.11. The van der Waals surface area contributed by atoms with Crippen LogP contribution in [0.1, 0.15) is 11.1 Å². The molecule has 0 bridgehead atoms. The molecule has 0 aliphatic carbocycles. The van der Waals surface area contributed by atoms with Gasteiger partial charge in [-0.1, -0.05) is 48.0 Å². The highest BCUT2D eigenvalue weighted by atomic mass is 32.2. The molecule has 0 aliphatic rings. The van der Waals surface area contributed by atoms with Crippen molar-refractivity contribution in [2.75, 3.05) is 0 Å². The van der Waals surface area contributed by atoms with Crippen LogP contribution in [0.2, 0.25) is 0 Å².